The summed E-state index contributed by atoms with van der Waals surface area (Å²) < 4.78 is 30.7. The van der Waals surface area contributed by atoms with Gasteiger partial charge in [0, 0.05) is 12.8 Å². The molecule has 9 nitrogen and oxygen atoms in total. The maximum Gasteiger partial charge on any atom is 0.472 e. The van der Waals surface area contributed by atoms with Gasteiger partial charge in [0.2, 0.25) is 5.91 Å². The number of hydrogen-bond acceptors (Lipinski definition) is 6. The minimum absolute atomic E-state index is 0.0397. The first-order chi connectivity index (χ1) is 36.9. The third kappa shape index (κ3) is 56.9. The fourth-order valence-electron chi connectivity index (χ4n) is 9.70. The van der Waals surface area contributed by atoms with Crippen LogP contribution < -0.4 is 5.32 Å². The second-order valence-corrected chi connectivity index (χ2v) is 25.1. The molecular formula is C66H128N2O7P+. The topological polar surface area (TPSA) is 111 Å². The van der Waals surface area contributed by atoms with E-state index >= 15 is 0 Å². The molecule has 0 radical (unpaired) electrons. The number of carbonyl (C=O) groups is 2. The molecule has 10 heteroatoms. The van der Waals surface area contributed by atoms with Gasteiger partial charge in [-0.05, 0) is 83.1 Å². The average Bonchev–Trinajstić information content (AvgIpc) is 3.38. The highest BCUT2D eigenvalue weighted by Crippen LogP contribution is 2.43. The standard InChI is InChI=1S/C66H127N2O7P/c1-7-10-13-16-19-22-25-28-29-30-31-32-33-34-35-36-37-38-39-41-44-47-50-53-56-59-66(70)75-64(57-54-51-48-45-42-27-24-21-18-15-12-9-3)63(62-74-76(71,72)73-61-60-68(4,5)6)67-65(69)58-55-52-49-46-43-40-26-23-20-17-14-11-8-2/h28-29,40,43,54,57,63-64H,7-27,30-39,41-42,44-53,55-56,58-62H2,1-6H3,(H-,67,69,71,72)/p+1/b29-28+,43-40-,57-54-. The summed E-state index contributed by atoms with van der Waals surface area (Å²) in [6, 6.07) is -0.852. The number of nitrogens with zero attached hydrogens (tertiary/aromatic N) is 1. The first kappa shape index (κ1) is 74.2. The molecule has 0 aromatic rings. The Morgan fingerprint density at radius 2 is 0.763 bits per heavy atom. The van der Waals surface area contributed by atoms with E-state index in [1.165, 1.54) is 218 Å². The number of phosphoric ester groups is 1. The Balaban J connectivity index is 5.05. The van der Waals surface area contributed by atoms with Gasteiger partial charge in [-0.2, -0.15) is 0 Å². The summed E-state index contributed by atoms with van der Waals surface area (Å²) in [4.78, 5) is 37.7. The highest BCUT2D eigenvalue weighted by Gasteiger charge is 2.30. The van der Waals surface area contributed by atoms with Crippen LogP contribution in [0.5, 0.6) is 0 Å². The second-order valence-electron chi connectivity index (χ2n) is 23.6. The first-order valence-electron chi connectivity index (χ1n) is 32.8. The molecule has 0 spiro atoms. The molecule has 0 aliphatic heterocycles. The lowest BCUT2D eigenvalue weighted by Gasteiger charge is -2.27. The van der Waals surface area contributed by atoms with E-state index in [-0.39, 0.29) is 25.1 Å². The van der Waals surface area contributed by atoms with Gasteiger partial charge in [0.1, 0.15) is 19.3 Å². The van der Waals surface area contributed by atoms with Gasteiger partial charge >= 0.3 is 13.8 Å². The molecule has 0 fully saturated rings. The monoisotopic (exact) mass is 1090 g/mol. The van der Waals surface area contributed by atoms with Gasteiger partial charge in [0.05, 0.1) is 33.8 Å². The molecule has 0 saturated heterocycles. The van der Waals surface area contributed by atoms with Crippen LogP contribution in [0.15, 0.2) is 36.5 Å². The molecule has 0 aliphatic carbocycles. The number of rotatable bonds is 60. The average molecular weight is 1090 g/mol. The van der Waals surface area contributed by atoms with E-state index in [9.17, 15) is 19.0 Å². The number of ether oxygens (including phenoxy) is 1. The number of quaternary nitrogens is 1. The highest BCUT2D eigenvalue weighted by atomic mass is 31.2. The van der Waals surface area contributed by atoms with Crippen molar-refractivity contribution in [2.75, 3.05) is 40.9 Å². The fourth-order valence-corrected chi connectivity index (χ4v) is 10.4. The molecule has 0 heterocycles. The van der Waals surface area contributed by atoms with Crippen LogP contribution in [0, 0.1) is 0 Å². The van der Waals surface area contributed by atoms with Gasteiger partial charge < -0.3 is 19.4 Å². The molecule has 76 heavy (non-hydrogen) atoms. The molecule has 0 rings (SSSR count). The van der Waals surface area contributed by atoms with Crippen molar-refractivity contribution in [1.82, 2.24) is 5.32 Å². The lowest BCUT2D eigenvalue weighted by Crippen LogP contribution is -2.47. The fraction of sp³-hybridized carbons (Fsp3) is 0.879. The third-order valence-corrected chi connectivity index (χ3v) is 15.8. The summed E-state index contributed by atoms with van der Waals surface area (Å²) in [7, 11) is 1.50. The SMILES string of the molecule is CCCCCCCC/C=C\CCCCCC(=O)NC(COP(=O)(O)OCC[N+](C)(C)C)C(/C=C\CCCCCCCCCCCC)OC(=O)CCCCCCCCCCCCCCCCC/C=C/CCCCCCCC. The van der Waals surface area contributed by atoms with Crippen LogP contribution in [0.1, 0.15) is 323 Å². The maximum absolute atomic E-state index is 13.5. The van der Waals surface area contributed by atoms with Crippen molar-refractivity contribution in [3.63, 3.8) is 0 Å². The van der Waals surface area contributed by atoms with E-state index in [0.29, 0.717) is 23.9 Å². The Labute approximate surface area is 472 Å². The van der Waals surface area contributed by atoms with Crippen LogP contribution in [0.25, 0.3) is 0 Å². The Hall–Kier alpha value is -1.77. The Morgan fingerprint density at radius 3 is 1.13 bits per heavy atom. The van der Waals surface area contributed by atoms with E-state index in [4.69, 9.17) is 13.8 Å². The molecule has 0 saturated carbocycles. The number of carbonyl (C=O) groups excluding carboxylic acids is 2. The Bertz CT molecular complexity index is 1400. The number of esters is 1. The van der Waals surface area contributed by atoms with Crippen LogP contribution in [-0.2, 0) is 27.9 Å². The van der Waals surface area contributed by atoms with E-state index in [1.807, 2.05) is 33.3 Å². The summed E-state index contributed by atoms with van der Waals surface area (Å²) in [6.45, 7) is 7.02. The molecule has 0 bridgehead atoms. The van der Waals surface area contributed by atoms with Crippen molar-refractivity contribution in [2.24, 2.45) is 0 Å². The summed E-state index contributed by atoms with van der Waals surface area (Å²) in [5, 5.41) is 3.05. The number of hydrogen-bond donors (Lipinski definition) is 2. The van der Waals surface area contributed by atoms with E-state index in [0.717, 1.165) is 70.6 Å². The minimum Gasteiger partial charge on any atom is -0.456 e. The number of likely N-dealkylation sites (N-methyl/N-ethyl adjacent to an activating group) is 1. The molecule has 0 aromatic carbocycles. The lowest BCUT2D eigenvalue weighted by atomic mass is 10.0. The zero-order valence-corrected chi connectivity index (χ0v) is 52.2. The maximum atomic E-state index is 13.5. The summed E-state index contributed by atoms with van der Waals surface area (Å²) >= 11 is 0. The van der Waals surface area contributed by atoms with Crippen LogP contribution in [-0.4, -0.2) is 74.3 Å². The van der Waals surface area contributed by atoms with Gasteiger partial charge in [0.25, 0.3) is 0 Å². The van der Waals surface area contributed by atoms with E-state index in [2.05, 4.69) is 50.4 Å². The highest BCUT2D eigenvalue weighted by molar-refractivity contribution is 7.47. The predicted molar refractivity (Wildman–Crippen MR) is 328 cm³/mol. The zero-order chi connectivity index (χ0) is 55.7. The predicted octanol–water partition coefficient (Wildman–Crippen LogP) is 20.3. The van der Waals surface area contributed by atoms with Gasteiger partial charge in [0.15, 0.2) is 0 Å². The molecule has 3 unspecified atom stereocenters. The van der Waals surface area contributed by atoms with Crippen molar-refractivity contribution in [3.05, 3.63) is 36.5 Å². The number of amides is 1. The number of phosphoric acid groups is 1. The third-order valence-electron chi connectivity index (χ3n) is 14.8. The summed E-state index contributed by atoms with van der Waals surface area (Å²) in [6.07, 6.45) is 68.7. The molecule has 3 atom stereocenters. The van der Waals surface area contributed by atoms with Gasteiger partial charge in [-0.25, -0.2) is 4.57 Å². The summed E-state index contributed by atoms with van der Waals surface area (Å²) in [5.41, 5.74) is 0. The second kappa shape index (κ2) is 56.5. The van der Waals surface area contributed by atoms with Crippen molar-refractivity contribution < 1.29 is 37.3 Å². The summed E-state index contributed by atoms with van der Waals surface area (Å²) in [5.74, 6) is -0.511. The minimum atomic E-state index is -4.45. The Morgan fingerprint density at radius 1 is 0.447 bits per heavy atom. The van der Waals surface area contributed by atoms with E-state index < -0.39 is 20.0 Å². The van der Waals surface area contributed by atoms with Crippen molar-refractivity contribution >= 4 is 19.7 Å². The molecule has 0 aromatic heterocycles. The van der Waals surface area contributed by atoms with Gasteiger partial charge in [-0.15, -0.1) is 0 Å². The zero-order valence-electron chi connectivity index (χ0n) is 51.3. The largest absolute Gasteiger partial charge is 0.472 e. The normalized spacial score (nSPS) is 13.8. The van der Waals surface area contributed by atoms with Crippen LogP contribution in [0.2, 0.25) is 0 Å². The van der Waals surface area contributed by atoms with Crippen LogP contribution in [0.3, 0.4) is 0 Å². The quantitative estimate of drug-likeness (QED) is 0.0205. The molecule has 0 aliphatic rings. The lowest BCUT2D eigenvalue weighted by molar-refractivity contribution is -0.870. The number of nitrogens with one attached hydrogen (secondary N) is 1. The van der Waals surface area contributed by atoms with Gasteiger partial charge in [-0.3, -0.25) is 18.6 Å². The van der Waals surface area contributed by atoms with Crippen molar-refractivity contribution in [1.29, 1.82) is 0 Å². The molecule has 448 valence electrons. The molecular weight excluding hydrogens is 964 g/mol. The first-order valence-corrected chi connectivity index (χ1v) is 34.3. The van der Waals surface area contributed by atoms with Crippen LogP contribution >= 0.6 is 7.82 Å². The smallest absolute Gasteiger partial charge is 0.456 e. The Kier molecular flexibility index (Phi) is 55.2. The number of allylic oxidation sites excluding steroid dienone is 5. The number of unbranched alkanes of at least 4 members (excludes halogenated alkanes) is 40. The van der Waals surface area contributed by atoms with Crippen molar-refractivity contribution in [2.45, 2.75) is 335 Å². The molecule has 1 amide bonds. The van der Waals surface area contributed by atoms with Gasteiger partial charge in [-0.1, -0.05) is 263 Å². The van der Waals surface area contributed by atoms with Crippen molar-refractivity contribution in [3.8, 4) is 0 Å². The van der Waals surface area contributed by atoms with Crippen LogP contribution in [0.4, 0.5) is 0 Å². The molecule has 2 N–H and O–H groups in total. The van der Waals surface area contributed by atoms with E-state index in [1.54, 1.807) is 0 Å².